The third-order valence-electron chi connectivity index (χ3n) is 1.71. The third-order valence-corrected chi connectivity index (χ3v) is 1.71. The van der Waals surface area contributed by atoms with Gasteiger partial charge in [-0.15, -0.1) is 0 Å². The second-order valence-electron chi connectivity index (χ2n) is 3.39. The molecule has 0 aliphatic carbocycles. The van der Waals surface area contributed by atoms with Gasteiger partial charge in [-0.25, -0.2) is 0 Å². The van der Waals surface area contributed by atoms with Gasteiger partial charge in [-0.3, -0.25) is 0 Å². The van der Waals surface area contributed by atoms with E-state index < -0.39 is 0 Å². The molecule has 0 aromatic rings. The van der Waals surface area contributed by atoms with E-state index in [1.165, 1.54) is 0 Å². The van der Waals surface area contributed by atoms with E-state index in [1.54, 1.807) is 28.2 Å². The molecule has 0 saturated heterocycles. The minimum atomic E-state index is 0. The van der Waals surface area contributed by atoms with Gasteiger partial charge in [-0.2, -0.15) is 67.5 Å². The zero-order valence-electron chi connectivity index (χ0n) is 17.5. The summed E-state index contributed by atoms with van der Waals surface area (Å²) in [6.07, 6.45) is 0. The summed E-state index contributed by atoms with van der Waals surface area (Å²) >= 11 is 0. The maximum Gasteiger partial charge on any atom is 4.00 e. The fourth-order valence-electron chi connectivity index (χ4n) is 0.224. The van der Waals surface area contributed by atoms with Crippen molar-refractivity contribution >= 4 is 0 Å². The average molecular weight is 531 g/mol. The molecule has 0 radical (unpaired) electrons. The topological polar surface area (TPSA) is 70.5 Å². The van der Waals surface area contributed by atoms with Crippen LogP contribution in [0, 0.1) is 0 Å². The van der Waals surface area contributed by atoms with E-state index in [0.717, 1.165) is 39.3 Å². The van der Waals surface area contributed by atoms with Gasteiger partial charge in [0.2, 0.25) is 0 Å². The number of hydrogen-bond donors (Lipinski definition) is 0. The first-order valence-electron chi connectivity index (χ1n) is 7.93. The van der Waals surface area contributed by atoms with Crippen LogP contribution < -0.4 is 0 Å². The fraction of sp³-hybridized carbons (Fsp3) is 1.00. The predicted molar refractivity (Wildman–Crippen MR) is 104 cm³/mol. The molecular weight excluding hydrogens is 489 g/mol. The molecular formula is C16H42HfN5Ti-. The summed E-state index contributed by atoms with van der Waals surface area (Å²) in [7, 11) is 7.22. The van der Waals surface area contributed by atoms with Crippen molar-refractivity contribution in [3.8, 4) is 0 Å². The quantitative estimate of drug-likeness (QED) is 0.411. The molecule has 0 unspecified atom stereocenters. The number of hydrogen-bond acceptors (Lipinski definition) is 0. The van der Waals surface area contributed by atoms with Gasteiger partial charge in [0.05, 0.1) is 0 Å². The number of rotatable bonds is 6. The van der Waals surface area contributed by atoms with Crippen molar-refractivity contribution in [2.45, 2.75) is 41.5 Å². The summed E-state index contributed by atoms with van der Waals surface area (Å²) in [6, 6.07) is 0. The Balaban J connectivity index is -0.0000000273. The molecule has 0 N–H and O–H groups in total. The Kier molecular flexibility index (Phi) is 147. The van der Waals surface area contributed by atoms with E-state index in [9.17, 15) is 0 Å². The molecule has 23 heavy (non-hydrogen) atoms. The first-order valence-corrected chi connectivity index (χ1v) is 7.93. The first kappa shape index (κ1) is 44.1. The molecule has 0 amide bonds. The Hall–Kier alpha value is 1.38. The largest absolute Gasteiger partial charge is 4.00 e. The van der Waals surface area contributed by atoms with Gasteiger partial charge >= 0.3 is 25.8 Å². The molecule has 0 aromatic carbocycles. The monoisotopic (exact) mass is 532 g/mol. The second-order valence-corrected chi connectivity index (χ2v) is 3.39. The first-order chi connectivity index (χ1) is 10.1. The maximum absolute atomic E-state index is 3.97. The standard InChI is InChI=1S/C4H10N.4C3H8N.Hf.Ti/c1-3-5-4-2;4*1-3-4-2;;/h3-4H2,1-2H3;4*3H2,1-2H3;;/q5*-1;+4;. The van der Waals surface area contributed by atoms with E-state index in [0.29, 0.717) is 0 Å². The Labute approximate surface area is 182 Å². The summed E-state index contributed by atoms with van der Waals surface area (Å²) in [6.45, 7) is 17.9. The molecule has 0 saturated carbocycles. The summed E-state index contributed by atoms with van der Waals surface area (Å²) < 4.78 is 0. The van der Waals surface area contributed by atoms with Crippen LogP contribution in [0.25, 0.3) is 26.6 Å². The maximum atomic E-state index is 3.97. The fourth-order valence-corrected chi connectivity index (χ4v) is 0.224. The second kappa shape index (κ2) is 76.4. The molecule has 0 atom stereocenters. The van der Waals surface area contributed by atoms with Crippen LogP contribution in [-0.4, -0.2) is 67.5 Å². The van der Waals surface area contributed by atoms with Crippen molar-refractivity contribution in [1.29, 1.82) is 0 Å². The van der Waals surface area contributed by atoms with Crippen LogP contribution in [0.1, 0.15) is 41.5 Å². The van der Waals surface area contributed by atoms with Crippen LogP contribution in [0.2, 0.25) is 0 Å². The van der Waals surface area contributed by atoms with Gasteiger partial charge in [0.15, 0.2) is 0 Å². The molecule has 7 heteroatoms. The smallest absolute Gasteiger partial charge is 0.665 e. The Bertz CT molecular complexity index is 78.5. The summed E-state index contributed by atoms with van der Waals surface area (Å²) in [5, 5.41) is 18.9. The van der Waals surface area contributed by atoms with Crippen LogP contribution in [0.4, 0.5) is 0 Å². The summed E-state index contributed by atoms with van der Waals surface area (Å²) in [4.78, 5) is 0. The van der Waals surface area contributed by atoms with Gasteiger partial charge < -0.3 is 26.6 Å². The Morgan fingerprint density at radius 1 is 0.435 bits per heavy atom. The minimum Gasteiger partial charge on any atom is -0.665 e. The van der Waals surface area contributed by atoms with Gasteiger partial charge in [0.25, 0.3) is 0 Å². The van der Waals surface area contributed by atoms with Gasteiger partial charge in [-0.1, -0.05) is 41.5 Å². The SMILES string of the molecule is CC[N-]C.CC[N-]C.CC[N-]C.CC[N-]C.CC[N-]CC.[Hf+4].[Ti]. The molecule has 0 aromatic heterocycles. The summed E-state index contributed by atoms with van der Waals surface area (Å²) in [5.41, 5.74) is 0. The number of nitrogens with zero attached hydrogens (tertiary/aromatic N) is 5. The van der Waals surface area contributed by atoms with E-state index in [4.69, 9.17) is 0 Å². The van der Waals surface area contributed by atoms with Crippen molar-refractivity contribution in [2.75, 3.05) is 67.5 Å². The normalized spacial score (nSPS) is 7.04. The van der Waals surface area contributed by atoms with Crippen molar-refractivity contribution in [3.05, 3.63) is 26.6 Å². The van der Waals surface area contributed by atoms with Crippen LogP contribution in [0.3, 0.4) is 0 Å². The molecule has 0 fully saturated rings. The van der Waals surface area contributed by atoms with E-state index in [1.807, 2.05) is 41.5 Å². The Morgan fingerprint density at radius 2 is 0.565 bits per heavy atom. The van der Waals surface area contributed by atoms with E-state index in [2.05, 4.69) is 26.6 Å². The molecule has 5 nitrogen and oxygen atoms in total. The molecule has 0 aliphatic heterocycles. The van der Waals surface area contributed by atoms with Gasteiger partial charge in [0, 0.05) is 21.7 Å². The van der Waals surface area contributed by atoms with Crippen LogP contribution in [0.5, 0.6) is 0 Å². The van der Waals surface area contributed by atoms with Gasteiger partial charge in [0.1, 0.15) is 0 Å². The van der Waals surface area contributed by atoms with Crippen molar-refractivity contribution in [1.82, 2.24) is 0 Å². The predicted octanol–water partition coefficient (Wildman–Crippen LogP) is 5.43. The third kappa shape index (κ3) is 196. The zero-order chi connectivity index (χ0) is 17.8. The average Bonchev–Trinajstić information content (AvgIpc) is 2.56. The molecule has 0 rings (SSSR count). The molecule has 0 aliphatic rings. The van der Waals surface area contributed by atoms with Crippen molar-refractivity contribution in [2.24, 2.45) is 0 Å². The Morgan fingerprint density at radius 3 is 0.565 bits per heavy atom. The molecule has 140 valence electrons. The molecule has 0 spiro atoms. The minimum absolute atomic E-state index is 0. The molecule has 0 bridgehead atoms. The van der Waals surface area contributed by atoms with E-state index >= 15 is 0 Å². The zero-order valence-corrected chi connectivity index (χ0v) is 22.6. The van der Waals surface area contributed by atoms with Crippen molar-refractivity contribution in [3.63, 3.8) is 0 Å². The molecule has 0 heterocycles. The van der Waals surface area contributed by atoms with Crippen LogP contribution >= 0.6 is 0 Å². The van der Waals surface area contributed by atoms with E-state index in [-0.39, 0.29) is 47.6 Å². The summed E-state index contributed by atoms with van der Waals surface area (Å²) in [5.74, 6) is 0. The van der Waals surface area contributed by atoms with Crippen LogP contribution in [-0.2, 0) is 47.6 Å². The van der Waals surface area contributed by atoms with Crippen molar-refractivity contribution < 1.29 is 47.6 Å². The van der Waals surface area contributed by atoms with Gasteiger partial charge in [-0.05, 0) is 0 Å². The van der Waals surface area contributed by atoms with Crippen LogP contribution in [0.15, 0.2) is 0 Å².